The van der Waals surface area contributed by atoms with Crippen LogP contribution in [-0.2, 0) is 16.6 Å². The Morgan fingerprint density at radius 1 is 1.07 bits per heavy atom. The average molecular weight is 412 g/mol. The van der Waals surface area contributed by atoms with Crippen LogP contribution < -0.4 is 14.4 Å². The average Bonchev–Trinajstić information content (AvgIpc) is 2.68. The number of sulfonamides is 1. The summed E-state index contributed by atoms with van der Waals surface area (Å²) < 4.78 is 38.0. The van der Waals surface area contributed by atoms with Crippen molar-refractivity contribution in [1.82, 2.24) is 4.31 Å². The first-order valence-electron chi connectivity index (χ1n) is 8.75. The van der Waals surface area contributed by atoms with Crippen LogP contribution in [-0.4, -0.2) is 53.1 Å². The van der Waals surface area contributed by atoms with E-state index in [-0.39, 0.29) is 9.92 Å². The molecule has 1 heterocycles. The molecule has 0 unspecified atom stereocenters. The molecule has 1 N–H and O–H groups in total. The minimum Gasteiger partial charge on any atom is -0.497 e. The number of nitrogens with zero attached hydrogens (tertiary/aromatic N) is 1. The van der Waals surface area contributed by atoms with E-state index < -0.39 is 10.0 Å². The molecule has 0 amide bonds. The molecule has 1 aliphatic heterocycles. The summed E-state index contributed by atoms with van der Waals surface area (Å²) in [5, 5.41) is 0.258. The maximum atomic E-state index is 12.9. The van der Waals surface area contributed by atoms with E-state index in [1.807, 2.05) is 18.2 Å². The van der Waals surface area contributed by atoms with Gasteiger partial charge in [0.2, 0.25) is 10.0 Å². The van der Waals surface area contributed by atoms with Crippen molar-refractivity contribution in [3.63, 3.8) is 0 Å². The molecule has 1 saturated heterocycles. The van der Waals surface area contributed by atoms with Crippen LogP contribution in [0.5, 0.6) is 11.5 Å². The van der Waals surface area contributed by atoms with Crippen LogP contribution in [0.3, 0.4) is 0 Å². The van der Waals surface area contributed by atoms with E-state index in [9.17, 15) is 8.42 Å². The van der Waals surface area contributed by atoms with Crippen molar-refractivity contribution < 1.29 is 22.8 Å². The van der Waals surface area contributed by atoms with Crippen LogP contribution in [0, 0.1) is 0 Å². The number of hydrogen-bond donors (Lipinski definition) is 1. The Labute approximate surface area is 165 Å². The van der Waals surface area contributed by atoms with E-state index in [0.717, 1.165) is 23.6 Å². The Hall–Kier alpha value is -1.80. The molecule has 1 fully saturated rings. The fraction of sp³-hybridized carbons (Fsp3) is 0.368. The lowest BCUT2D eigenvalue weighted by molar-refractivity contribution is -0.917. The molecule has 0 spiro atoms. The molecule has 2 aromatic carbocycles. The van der Waals surface area contributed by atoms with Crippen molar-refractivity contribution in [3.8, 4) is 11.5 Å². The zero-order valence-corrected chi connectivity index (χ0v) is 17.0. The second kappa shape index (κ2) is 8.48. The fourth-order valence-electron chi connectivity index (χ4n) is 3.30. The van der Waals surface area contributed by atoms with Gasteiger partial charge in [-0.15, -0.1) is 0 Å². The zero-order chi connectivity index (χ0) is 19.4. The van der Waals surface area contributed by atoms with E-state index in [1.165, 1.54) is 9.21 Å². The molecular weight excluding hydrogens is 388 g/mol. The molecule has 0 saturated carbocycles. The predicted octanol–water partition coefficient (Wildman–Crippen LogP) is 1.45. The molecule has 0 aliphatic carbocycles. The number of halogens is 1. The Morgan fingerprint density at radius 3 is 2.41 bits per heavy atom. The number of hydrogen-bond acceptors (Lipinski definition) is 4. The quantitative estimate of drug-likeness (QED) is 0.781. The van der Waals surface area contributed by atoms with Gasteiger partial charge in [-0.25, -0.2) is 8.42 Å². The van der Waals surface area contributed by atoms with Gasteiger partial charge in [0.05, 0.1) is 51.0 Å². The number of benzene rings is 2. The lowest BCUT2D eigenvalue weighted by Crippen LogP contribution is -3.13. The first kappa shape index (κ1) is 19.9. The maximum Gasteiger partial charge on any atom is 0.244 e. The predicted molar refractivity (Wildman–Crippen MR) is 104 cm³/mol. The molecule has 27 heavy (non-hydrogen) atoms. The van der Waals surface area contributed by atoms with Crippen molar-refractivity contribution in [2.45, 2.75) is 11.4 Å². The molecule has 0 aromatic heterocycles. The van der Waals surface area contributed by atoms with Crippen LogP contribution in [0.25, 0.3) is 0 Å². The first-order valence-corrected chi connectivity index (χ1v) is 10.6. The summed E-state index contributed by atoms with van der Waals surface area (Å²) in [6.07, 6.45) is 0. The molecule has 0 atom stereocenters. The minimum atomic E-state index is -3.57. The van der Waals surface area contributed by atoms with E-state index in [1.54, 1.807) is 38.5 Å². The number of ether oxygens (including phenoxy) is 2. The van der Waals surface area contributed by atoms with Crippen LogP contribution >= 0.6 is 11.6 Å². The number of quaternary nitrogens is 1. The maximum absolute atomic E-state index is 12.9. The Bertz CT molecular complexity index is 896. The van der Waals surface area contributed by atoms with E-state index in [2.05, 4.69) is 0 Å². The van der Waals surface area contributed by atoms with Crippen molar-refractivity contribution >= 4 is 21.6 Å². The molecule has 0 bridgehead atoms. The van der Waals surface area contributed by atoms with Gasteiger partial charge < -0.3 is 14.4 Å². The molecule has 146 valence electrons. The monoisotopic (exact) mass is 411 g/mol. The largest absolute Gasteiger partial charge is 0.497 e. The molecule has 0 radical (unpaired) electrons. The standard InChI is InChI=1S/C19H23ClN2O4S/c1-25-16-7-8-18(26-2)15(13-16)14-21-9-11-22(12-10-21)27(23,24)19-6-4-3-5-17(19)20/h3-8,13H,9-12,14H2,1-2H3/p+1. The summed E-state index contributed by atoms with van der Waals surface area (Å²) in [5.41, 5.74) is 1.05. The van der Waals surface area contributed by atoms with Crippen LogP contribution in [0.1, 0.15) is 5.56 Å². The van der Waals surface area contributed by atoms with Crippen molar-refractivity contribution in [1.29, 1.82) is 0 Å². The third kappa shape index (κ3) is 4.38. The van der Waals surface area contributed by atoms with Gasteiger partial charge in [-0.05, 0) is 30.3 Å². The van der Waals surface area contributed by atoms with Gasteiger partial charge in [-0.3, -0.25) is 0 Å². The van der Waals surface area contributed by atoms with Crippen LogP contribution in [0.4, 0.5) is 0 Å². The number of methoxy groups -OCH3 is 2. The summed E-state index contributed by atoms with van der Waals surface area (Å²) in [5.74, 6) is 1.60. The molecule has 6 nitrogen and oxygen atoms in total. The van der Waals surface area contributed by atoms with Crippen molar-refractivity contribution in [3.05, 3.63) is 53.1 Å². The van der Waals surface area contributed by atoms with Gasteiger partial charge >= 0.3 is 0 Å². The Balaban J connectivity index is 1.68. The van der Waals surface area contributed by atoms with Crippen molar-refractivity contribution in [2.75, 3.05) is 40.4 Å². The summed E-state index contributed by atoms with van der Waals surface area (Å²) >= 11 is 6.09. The number of piperazine rings is 1. The molecule has 1 aliphatic rings. The summed E-state index contributed by atoms with van der Waals surface area (Å²) in [7, 11) is -0.286. The molecule has 8 heteroatoms. The van der Waals surface area contributed by atoms with E-state index >= 15 is 0 Å². The smallest absolute Gasteiger partial charge is 0.244 e. The third-order valence-electron chi connectivity index (χ3n) is 4.81. The highest BCUT2D eigenvalue weighted by Crippen LogP contribution is 2.25. The van der Waals surface area contributed by atoms with Gasteiger partial charge in [0.15, 0.2) is 0 Å². The summed E-state index contributed by atoms with van der Waals surface area (Å²) in [4.78, 5) is 1.47. The SMILES string of the molecule is COc1ccc(OC)c(C[NH+]2CCN(S(=O)(=O)c3ccccc3Cl)CC2)c1. The fourth-order valence-corrected chi connectivity index (χ4v) is 5.24. The Kier molecular flexibility index (Phi) is 6.26. The van der Waals surface area contributed by atoms with Gasteiger partial charge in [0, 0.05) is 0 Å². The zero-order valence-electron chi connectivity index (χ0n) is 15.4. The third-order valence-corrected chi connectivity index (χ3v) is 7.21. The highest BCUT2D eigenvalue weighted by Gasteiger charge is 2.31. The van der Waals surface area contributed by atoms with Gasteiger partial charge in [0.1, 0.15) is 22.9 Å². The summed E-state index contributed by atoms with van der Waals surface area (Å²) in [6.45, 7) is 3.08. The normalized spacial score (nSPS) is 16.3. The molecule has 2 aromatic rings. The minimum absolute atomic E-state index is 0.171. The van der Waals surface area contributed by atoms with Crippen LogP contribution in [0.15, 0.2) is 47.4 Å². The first-order chi connectivity index (χ1) is 13.0. The van der Waals surface area contributed by atoms with Crippen molar-refractivity contribution in [2.24, 2.45) is 0 Å². The van der Waals surface area contributed by atoms with Crippen LogP contribution in [0.2, 0.25) is 5.02 Å². The second-order valence-corrected chi connectivity index (χ2v) is 8.75. The van der Waals surface area contributed by atoms with E-state index in [4.69, 9.17) is 21.1 Å². The Morgan fingerprint density at radius 2 is 1.78 bits per heavy atom. The highest BCUT2D eigenvalue weighted by molar-refractivity contribution is 7.89. The molecular formula is C19H24ClN2O4S+. The van der Waals surface area contributed by atoms with Gasteiger partial charge in [-0.2, -0.15) is 4.31 Å². The lowest BCUT2D eigenvalue weighted by Gasteiger charge is -2.32. The lowest BCUT2D eigenvalue weighted by atomic mass is 10.1. The topological polar surface area (TPSA) is 60.3 Å². The molecule has 3 rings (SSSR count). The summed E-state index contributed by atoms with van der Waals surface area (Å²) in [6, 6.07) is 12.3. The highest BCUT2D eigenvalue weighted by atomic mass is 35.5. The van der Waals surface area contributed by atoms with Gasteiger partial charge in [-0.1, -0.05) is 23.7 Å². The van der Waals surface area contributed by atoms with E-state index in [0.29, 0.717) is 26.2 Å². The number of nitrogens with one attached hydrogen (secondary N) is 1. The second-order valence-electron chi connectivity index (χ2n) is 6.44. The van der Waals surface area contributed by atoms with Gasteiger partial charge in [0.25, 0.3) is 0 Å². The number of rotatable bonds is 6.